The molecule has 1 fully saturated rings. The average Bonchev–Trinajstić information content (AvgIpc) is 2.56. The Morgan fingerprint density at radius 1 is 1.09 bits per heavy atom. The van der Waals surface area contributed by atoms with Crippen molar-refractivity contribution in [2.75, 3.05) is 0 Å². The van der Waals surface area contributed by atoms with Gasteiger partial charge in [0.2, 0.25) is 0 Å². The van der Waals surface area contributed by atoms with Gasteiger partial charge in [0.05, 0.1) is 10.7 Å². The van der Waals surface area contributed by atoms with Crippen LogP contribution in [0.15, 0.2) is 40.2 Å². The van der Waals surface area contributed by atoms with E-state index in [2.05, 4.69) is 0 Å². The first-order valence-corrected chi connectivity index (χ1v) is 8.21. The highest BCUT2D eigenvalue weighted by molar-refractivity contribution is 6.30. The molecule has 0 amide bonds. The molecule has 1 saturated carbocycles. The summed E-state index contributed by atoms with van der Waals surface area (Å²) in [6, 6.07) is 3.94. The minimum absolute atomic E-state index is 0.0826. The molecule has 2 aromatic rings. The van der Waals surface area contributed by atoms with Gasteiger partial charge in [0, 0.05) is 18.9 Å². The summed E-state index contributed by atoms with van der Waals surface area (Å²) in [6.07, 6.45) is 8.98. The summed E-state index contributed by atoms with van der Waals surface area (Å²) in [7, 11) is 0. The van der Waals surface area contributed by atoms with Crippen LogP contribution in [0.1, 0.15) is 32.1 Å². The van der Waals surface area contributed by atoms with Crippen LogP contribution in [0.2, 0.25) is 5.02 Å². The molecule has 0 aliphatic heterocycles. The highest BCUT2D eigenvalue weighted by atomic mass is 35.5. The molecule has 0 spiro atoms. The second kappa shape index (κ2) is 6.71. The summed E-state index contributed by atoms with van der Waals surface area (Å²) in [5, 5.41) is -0.0826. The third-order valence-electron chi connectivity index (χ3n) is 4.42. The van der Waals surface area contributed by atoms with E-state index in [4.69, 9.17) is 11.6 Å². The monoisotopic (exact) mass is 336 g/mol. The van der Waals surface area contributed by atoms with Gasteiger partial charge in [-0.15, -0.1) is 0 Å². The van der Waals surface area contributed by atoms with Crippen molar-refractivity contribution >= 4 is 11.6 Å². The zero-order chi connectivity index (χ0) is 16.4. The lowest BCUT2D eigenvalue weighted by molar-refractivity contribution is 0.315. The minimum atomic E-state index is -0.647. The van der Waals surface area contributed by atoms with Gasteiger partial charge in [-0.2, -0.15) is 0 Å². The molecule has 0 bridgehead atoms. The molecule has 23 heavy (non-hydrogen) atoms. The van der Waals surface area contributed by atoms with Crippen molar-refractivity contribution in [2.24, 2.45) is 5.92 Å². The van der Waals surface area contributed by atoms with Gasteiger partial charge in [0.25, 0.3) is 0 Å². The Morgan fingerprint density at radius 2 is 1.83 bits per heavy atom. The van der Waals surface area contributed by atoms with Crippen molar-refractivity contribution in [3.8, 4) is 5.69 Å². The van der Waals surface area contributed by atoms with Crippen molar-refractivity contribution in [2.45, 2.75) is 38.6 Å². The number of hydrogen-bond acceptors (Lipinski definition) is 2. The van der Waals surface area contributed by atoms with Crippen LogP contribution in [-0.2, 0) is 6.54 Å². The van der Waals surface area contributed by atoms with Gasteiger partial charge in [-0.1, -0.05) is 30.9 Å². The van der Waals surface area contributed by atoms with Crippen LogP contribution in [0.4, 0.5) is 4.39 Å². The summed E-state index contributed by atoms with van der Waals surface area (Å²) in [5.74, 6) is -0.105. The lowest BCUT2D eigenvalue weighted by Crippen LogP contribution is -2.41. The Morgan fingerprint density at radius 3 is 2.52 bits per heavy atom. The first-order chi connectivity index (χ1) is 11.1. The molecule has 0 unspecified atom stereocenters. The van der Waals surface area contributed by atoms with E-state index >= 15 is 0 Å². The molecule has 0 atom stereocenters. The molecule has 6 heteroatoms. The van der Waals surface area contributed by atoms with Crippen LogP contribution < -0.4 is 11.1 Å². The highest BCUT2D eigenvalue weighted by Gasteiger charge is 2.16. The molecule has 3 rings (SSSR count). The van der Waals surface area contributed by atoms with Gasteiger partial charge in [-0.05, 0) is 37.0 Å². The lowest BCUT2D eigenvalue weighted by atomic mass is 9.89. The second-order valence-electron chi connectivity index (χ2n) is 6.03. The third kappa shape index (κ3) is 3.39. The number of benzene rings is 1. The maximum atomic E-state index is 13.2. The van der Waals surface area contributed by atoms with Gasteiger partial charge in [0.15, 0.2) is 0 Å². The van der Waals surface area contributed by atoms with E-state index in [-0.39, 0.29) is 5.02 Å². The molecule has 122 valence electrons. The fourth-order valence-corrected chi connectivity index (χ4v) is 3.31. The fourth-order valence-electron chi connectivity index (χ4n) is 3.14. The van der Waals surface area contributed by atoms with Crippen LogP contribution in [-0.4, -0.2) is 9.13 Å². The maximum Gasteiger partial charge on any atom is 0.320 e. The number of aromatic nitrogens is 2. The minimum Gasteiger partial charge on any atom is -0.309 e. The number of rotatable bonds is 3. The highest BCUT2D eigenvalue weighted by Crippen LogP contribution is 2.24. The van der Waals surface area contributed by atoms with Crippen LogP contribution in [0.3, 0.4) is 0 Å². The van der Waals surface area contributed by atoms with Gasteiger partial charge in [-0.25, -0.2) is 4.39 Å². The molecule has 0 N–H and O–H groups in total. The third-order valence-corrected chi connectivity index (χ3v) is 4.71. The molecular formula is C17H18ClFN2O2. The van der Waals surface area contributed by atoms with Crippen LogP contribution in [0.5, 0.6) is 0 Å². The Bertz CT molecular complexity index is 822. The molecule has 1 aliphatic carbocycles. The summed E-state index contributed by atoms with van der Waals surface area (Å²) >= 11 is 5.74. The zero-order valence-corrected chi connectivity index (χ0v) is 13.4. The van der Waals surface area contributed by atoms with Crippen molar-refractivity contribution in [1.29, 1.82) is 0 Å². The van der Waals surface area contributed by atoms with Crippen molar-refractivity contribution in [1.82, 2.24) is 9.13 Å². The smallest absolute Gasteiger partial charge is 0.309 e. The van der Waals surface area contributed by atoms with Crippen molar-refractivity contribution in [3.05, 3.63) is 62.1 Å². The van der Waals surface area contributed by atoms with E-state index in [1.807, 2.05) is 0 Å². The summed E-state index contributed by atoms with van der Waals surface area (Å²) in [5.41, 5.74) is -0.826. The average molecular weight is 337 g/mol. The standard InChI is InChI=1S/C17H18ClFN2O2/c18-14-10-13(6-7-15(14)19)21-9-8-20(16(22)17(21)23)11-12-4-2-1-3-5-12/h6-10,12H,1-5,11H2. The molecule has 0 radical (unpaired) electrons. The van der Waals surface area contributed by atoms with E-state index in [1.54, 1.807) is 6.20 Å². The van der Waals surface area contributed by atoms with E-state index in [0.717, 1.165) is 12.8 Å². The maximum absolute atomic E-state index is 13.2. The predicted molar refractivity (Wildman–Crippen MR) is 87.8 cm³/mol. The Labute approximate surface area is 138 Å². The zero-order valence-electron chi connectivity index (χ0n) is 12.7. The summed E-state index contributed by atoms with van der Waals surface area (Å²) in [6.45, 7) is 0.582. The molecule has 1 aromatic heterocycles. The van der Waals surface area contributed by atoms with E-state index in [0.29, 0.717) is 18.2 Å². The van der Waals surface area contributed by atoms with Gasteiger partial charge in [0.1, 0.15) is 5.82 Å². The molecule has 1 aliphatic rings. The number of hydrogen-bond donors (Lipinski definition) is 0. The first-order valence-electron chi connectivity index (χ1n) is 7.84. The molecule has 0 saturated heterocycles. The van der Waals surface area contributed by atoms with Gasteiger partial charge in [-0.3, -0.25) is 14.2 Å². The van der Waals surface area contributed by atoms with Gasteiger partial charge < -0.3 is 4.57 Å². The van der Waals surface area contributed by atoms with E-state index in [9.17, 15) is 14.0 Å². The van der Waals surface area contributed by atoms with Gasteiger partial charge >= 0.3 is 11.1 Å². The SMILES string of the molecule is O=c1c(=O)n(-c2ccc(F)c(Cl)c2)ccn1CC1CCCCC1. The number of nitrogens with zero attached hydrogens (tertiary/aromatic N) is 2. The normalized spacial score (nSPS) is 15.7. The second-order valence-corrected chi connectivity index (χ2v) is 6.44. The van der Waals surface area contributed by atoms with Crippen molar-refractivity contribution in [3.63, 3.8) is 0 Å². The number of halogens is 2. The Hall–Kier alpha value is -1.88. The van der Waals surface area contributed by atoms with Crippen molar-refractivity contribution < 1.29 is 4.39 Å². The first kappa shape index (κ1) is 16.0. The molecule has 1 heterocycles. The van der Waals surface area contributed by atoms with Crippen LogP contribution in [0.25, 0.3) is 5.69 Å². The summed E-state index contributed by atoms with van der Waals surface area (Å²) < 4.78 is 15.9. The quantitative estimate of drug-likeness (QED) is 0.807. The molecule has 4 nitrogen and oxygen atoms in total. The predicted octanol–water partition coefficient (Wildman–Crippen LogP) is 3.37. The molecule has 1 aromatic carbocycles. The topological polar surface area (TPSA) is 44.0 Å². The van der Waals surface area contributed by atoms with Crippen LogP contribution >= 0.6 is 11.6 Å². The van der Waals surface area contributed by atoms with E-state index < -0.39 is 16.9 Å². The fraction of sp³-hybridized carbons (Fsp3) is 0.412. The lowest BCUT2D eigenvalue weighted by Gasteiger charge is -2.22. The largest absolute Gasteiger partial charge is 0.320 e. The summed E-state index contributed by atoms with van der Waals surface area (Å²) in [4.78, 5) is 24.6. The van der Waals surface area contributed by atoms with Crippen LogP contribution in [0, 0.1) is 11.7 Å². The Kier molecular flexibility index (Phi) is 4.66. The molecular weight excluding hydrogens is 319 g/mol. The Balaban J connectivity index is 1.92. The van der Waals surface area contributed by atoms with E-state index in [1.165, 1.54) is 52.8 Å².